The third kappa shape index (κ3) is 3.47. The second kappa shape index (κ2) is 6.05. The highest BCUT2D eigenvalue weighted by Gasteiger charge is 2.29. The first-order valence-electron chi connectivity index (χ1n) is 6.83. The van der Waals surface area contributed by atoms with Gasteiger partial charge in [0.15, 0.2) is 0 Å². The van der Waals surface area contributed by atoms with E-state index in [1.165, 1.54) is 18.4 Å². The standard InChI is InChI=1S/C15H23ClN2/c1-3-14(17)15(18(2)10-11-4-5-11)12-6-8-13(16)9-7-12/h6-9,11,14-15H,3-5,10,17H2,1-2H3. The maximum Gasteiger partial charge on any atom is 0.0496 e. The summed E-state index contributed by atoms with van der Waals surface area (Å²) in [5.74, 6) is 0.883. The molecule has 3 heteroatoms. The van der Waals surface area contributed by atoms with Gasteiger partial charge in [-0.1, -0.05) is 30.7 Å². The van der Waals surface area contributed by atoms with Crippen molar-refractivity contribution in [3.05, 3.63) is 34.9 Å². The molecular formula is C15H23ClN2. The van der Waals surface area contributed by atoms with Crippen molar-refractivity contribution in [3.8, 4) is 0 Å². The third-order valence-corrected chi connectivity index (χ3v) is 4.06. The molecule has 2 rings (SSSR count). The summed E-state index contributed by atoms with van der Waals surface area (Å²) in [5, 5.41) is 0.785. The van der Waals surface area contributed by atoms with Gasteiger partial charge in [-0.25, -0.2) is 0 Å². The molecule has 2 unspecified atom stereocenters. The minimum absolute atomic E-state index is 0.176. The lowest BCUT2D eigenvalue weighted by atomic mass is 9.96. The van der Waals surface area contributed by atoms with Gasteiger partial charge in [0.25, 0.3) is 0 Å². The summed E-state index contributed by atoms with van der Waals surface area (Å²) in [4.78, 5) is 2.41. The number of nitrogens with zero attached hydrogens (tertiary/aromatic N) is 1. The van der Waals surface area contributed by atoms with E-state index in [0.717, 1.165) is 23.9 Å². The lowest BCUT2D eigenvalue weighted by Crippen LogP contribution is -2.39. The SMILES string of the molecule is CCC(N)C(c1ccc(Cl)cc1)N(C)CC1CC1. The van der Waals surface area contributed by atoms with E-state index in [9.17, 15) is 0 Å². The van der Waals surface area contributed by atoms with Crippen LogP contribution < -0.4 is 5.73 Å². The Labute approximate surface area is 115 Å². The maximum absolute atomic E-state index is 6.31. The minimum Gasteiger partial charge on any atom is -0.326 e. The topological polar surface area (TPSA) is 29.3 Å². The van der Waals surface area contributed by atoms with Crippen LogP contribution in [0.25, 0.3) is 0 Å². The van der Waals surface area contributed by atoms with Crippen LogP contribution in [0, 0.1) is 5.92 Å². The van der Waals surface area contributed by atoms with Crippen LogP contribution in [0.4, 0.5) is 0 Å². The fourth-order valence-corrected chi connectivity index (χ4v) is 2.66. The Bertz CT molecular complexity index is 373. The zero-order valence-electron chi connectivity index (χ0n) is 11.3. The van der Waals surface area contributed by atoms with Gasteiger partial charge in [-0.3, -0.25) is 4.90 Å². The van der Waals surface area contributed by atoms with Crippen molar-refractivity contribution in [1.29, 1.82) is 0 Å². The molecule has 1 fully saturated rings. The van der Waals surface area contributed by atoms with Crippen LogP contribution in [0.15, 0.2) is 24.3 Å². The molecule has 2 N–H and O–H groups in total. The van der Waals surface area contributed by atoms with Crippen LogP contribution >= 0.6 is 11.6 Å². The number of likely N-dealkylation sites (N-methyl/N-ethyl adjacent to an activating group) is 1. The van der Waals surface area contributed by atoms with Gasteiger partial charge >= 0.3 is 0 Å². The number of nitrogens with two attached hydrogens (primary N) is 1. The Kier molecular flexibility index (Phi) is 4.66. The fourth-order valence-electron chi connectivity index (χ4n) is 2.53. The Morgan fingerprint density at radius 1 is 1.33 bits per heavy atom. The van der Waals surface area contributed by atoms with Crippen molar-refractivity contribution in [2.45, 2.75) is 38.3 Å². The first kappa shape index (κ1) is 13.9. The van der Waals surface area contributed by atoms with Crippen LogP contribution in [0.1, 0.15) is 37.8 Å². The predicted molar refractivity (Wildman–Crippen MR) is 77.8 cm³/mol. The Balaban J connectivity index is 2.14. The Morgan fingerprint density at radius 3 is 2.44 bits per heavy atom. The minimum atomic E-state index is 0.176. The number of benzene rings is 1. The van der Waals surface area contributed by atoms with Gasteiger partial charge in [0, 0.05) is 23.7 Å². The lowest BCUT2D eigenvalue weighted by Gasteiger charge is -2.33. The largest absolute Gasteiger partial charge is 0.326 e. The zero-order valence-corrected chi connectivity index (χ0v) is 12.0. The molecular weight excluding hydrogens is 244 g/mol. The summed E-state index contributed by atoms with van der Waals surface area (Å²) < 4.78 is 0. The van der Waals surface area contributed by atoms with Crippen molar-refractivity contribution < 1.29 is 0 Å². The van der Waals surface area contributed by atoms with Crippen molar-refractivity contribution in [1.82, 2.24) is 4.90 Å². The van der Waals surface area contributed by atoms with E-state index in [2.05, 4.69) is 31.0 Å². The first-order valence-corrected chi connectivity index (χ1v) is 7.21. The molecule has 1 aromatic carbocycles. The summed E-state index contributed by atoms with van der Waals surface area (Å²) in [5.41, 5.74) is 7.58. The number of rotatable bonds is 6. The summed E-state index contributed by atoms with van der Waals surface area (Å²) in [7, 11) is 2.19. The van der Waals surface area contributed by atoms with E-state index in [1.807, 2.05) is 12.1 Å². The average Bonchev–Trinajstić information content (AvgIpc) is 3.15. The summed E-state index contributed by atoms with van der Waals surface area (Å²) in [6.45, 7) is 3.31. The van der Waals surface area contributed by atoms with E-state index >= 15 is 0 Å². The van der Waals surface area contributed by atoms with Gasteiger partial charge in [0.2, 0.25) is 0 Å². The highest BCUT2D eigenvalue weighted by Crippen LogP contribution is 2.33. The van der Waals surface area contributed by atoms with Gasteiger partial charge in [-0.2, -0.15) is 0 Å². The van der Waals surface area contributed by atoms with Crippen molar-refractivity contribution in [2.75, 3.05) is 13.6 Å². The molecule has 0 spiro atoms. The van der Waals surface area contributed by atoms with Crippen molar-refractivity contribution in [2.24, 2.45) is 11.7 Å². The second-order valence-electron chi connectivity index (χ2n) is 5.45. The molecule has 1 aromatic rings. The third-order valence-electron chi connectivity index (χ3n) is 3.81. The van der Waals surface area contributed by atoms with Crippen LogP contribution in [-0.4, -0.2) is 24.5 Å². The highest BCUT2D eigenvalue weighted by atomic mass is 35.5. The van der Waals surface area contributed by atoms with Crippen molar-refractivity contribution >= 4 is 11.6 Å². The van der Waals surface area contributed by atoms with E-state index in [1.54, 1.807) is 0 Å². The molecule has 2 atom stereocenters. The average molecular weight is 267 g/mol. The lowest BCUT2D eigenvalue weighted by molar-refractivity contribution is 0.202. The summed E-state index contributed by atoms with van der Waals surface area (Å²) in [6, 6.07) is 8.59. The predicted octanol–water partition coefficient (Wildman–Crippen LogP) is 3.46. The molecule has 0 aromatic heterocycles. The van der Waals surface area contributed by atoms with E-state index < -0.39 is 0 Å². The molecule has 1 saturated carbocycles. The Hall–Kier alpha value is -0.570. The molecule has 1 aliphatic carbocycles. The Morgan fingerprint density at radius 2 is 1.94 bits per heavy atom. The molecule has 0 radical (unpaired) electrons. The smallest absolute Gasteiger partial charge is 0.0496 e. The van der Waals surface area contributed by atoms with Crippen LogP contribution in [0.5, 0.6) is 0 Å². The van der Waals surface area contributed by atoms with Gasteiger partial charge in [0.1, 0.15) is 0 Å². The van der Waals surface area contributed by atoms with Crippen LogP contribution in [0.3, 0.4) is 0 Å². The molecule has 0 saturated heterocycles. The van der Waals surface area contributed by atoms with Crippen LogP contribution in [0.2, 0.25) is 5.02 Å². The molecule has 18 heavy (non-hydrogen) atoms. The number of halogens is 1. The van der Waals surface area contributed by atoms with E-state index in [0.29, 0.717) is 6.04 Å². The summed E-state index contributed by atoms with van der Waals surface area (Å²) in [6.07, 6.45) is 3.74. The monoisotopic (exact) mass is 266 g/mol. The maximum atomic E-state index is 6.31. The first-order chi connectivity index (χ1) is 8.61. The quantitative estimate of drug-likeness (QED) is 0.854. The highest BCUT2D eigenvalue weighted by molar-refractivity contribution is 6.30. The molecule has 100 valence electrons. The molecule has 1 aliphatic rings. The second-order valence-corrected chi connectivity index (χ2v) is 5.89. The van der Waals surface area contributed by atoms with Gasteiger partial charge in [-0.15, -0.1) is 0 Å². The normalized spacial score (nSPS) is 18.9. The summed E-state index contributed by atoms with van der Waals surface area (Å²) >= 11 is 5.96. The van der Waals surface area contributed by atoms with Gasteiger partial charge in [-0.05, 0) is 49.9 Å². The zero-order chi connectivity index (χ0) is 13.1. The fraction of sp³-hybridized carbons (Fsp3) is 0.600. The van der Waals surface area contributed by atoms with Crippen molar-refractivity contribution in [3.63, 3.8) is 0 Å². The van der Waals surface area contributed by atoms with E-state index in [4.69, 9.17) is 17.3 Å². The number of hydrogen-bond donors (Lipinski definition) is 1. The van der Waals surface area contributed by atoms with Gasteiger partial charge < -0.3 is 5.73 Å². The molecule has 0 heterocycles. The molecule has 0 bridgehead atoms. The molecule has 2 nitrogen and oxygen atoms in total. The van der Waals surface area contributed by atoms with Gasteiger partial charge in [0.05, 0.1) is 0 Å². The molecule has 0 aliphatic heterocycles. The number of hydrogen-bond acceptors (Lipinski definition) is 2. The van der Waals surface area contributed by atoms with Crippen LogP contribution in [-0.2, 0) is 0 Å². The van der Waals surface area contributed by atoms with E-state index in [-0.39, 0.29) is 6.04 Å². The molecule has 0 amide bonds.